The fourth-order valence-electron chi connectivity index (χ4n) is 4.50. The van der Waals surface area contributed by atoms with Crippen LogP contribution in [-0.2, 0) is 22.9 Å². The molecule has 196 valence electrons. The molecule has 1 amide bonds. The summed E-state index contributed by atoms with van der Waals surface area (Å²) < 4.78 is 29.4. The molecule has 0 radical (unpaired) electrons. The monoisotopic (exact) mass is 648 g/mol. The number of hydrogen-bond donors (Lipinski definition) is 1. The maximum atomic E-state index is 13.5. The van der Waals surface area contributed by atoms with Crippen LogP contribution in [0.15, 0.2) is 86.6 Å². The second kappa shape index (κ2) is 12.2. The SMILES string of the molecule is CN(C(=O)c1ccc(S(=O)(=O)N2CCC(O)CC2)cc1)C(Cc1ccc(Br)cc1)Cc1ccc(Br)cc1. The van der Waals surface area contributed by atoms with E-state index in [1.165, 1.54) is 16.4 Å². The van der Waals surface area contributed by atoms with Crippen molar-refractivity contribution in [3.63, 3.8) is 0 Å². The van der Waals surface area contributed by atoms with Crippen LogP contribution in [0.5, 0.6) is 0 Å². The molecular formula is C28H30Br2N2O4S. The van der Waals surface area contributed by atoms with Crippen molar-refractivity contribution in [1.29, 1.82) is 0 Å². The van der Waals surface area contributed by atoms with E-state index in [-0.39, 0.29) is 16.8 Å². The van der Waals surface area contributed by atoms with E-state index < -0.39 is 16.1 Å². The number of rotatable bonds is 8. The molecule has 1 saturated heterocycles. The van der Waals surface area contributed by atoms with Crippen LogP contribution in [0.25, 0.3) is 0 Å². The van der Waals surface area contributed by atoms with Crippen molar-refractivity contribution in [3.05, 3.63) is 98.4 Å². The molecule has 0 aromatic heterocycles. The van der Waals surface area contributed by atoms with Crippen LogP contribution in [-0.4, -0.2) is 60.9 Å². The zero-order chi connectivity index (χ0) is 26.6. The van der Waals surface area contributed by atoms with E-state index in [9.17, 15) is 18.3 Å². The van der Waals surface area contributed by atoms with Crippen molar-refractivity contribution < 1.29 is 18.3 Å². The van der Waals surface area contributed by atoms with Gasteiger partial charge in [-0.2, -0.15) is 4.31 Å². The number of carbonyl (C=O) groups is 1. The first kappa shape index (κ1) is 28.0. The number of benzene rings is 3. The molecule has 0 aliphatic carbocycles. The summed E-state index contributed by atoms with van der Waals surface area (Å²) in [6.07, 6.45) is 1.76. The molecule has 9 heteroatoms. The first-order chi connectivity index (χ1) is 17.6. The smallest absolute Gasteiger partial charge is 0.253 e. The molecular weight excluding hydrogens is 620 g/mol. The van der Waals surface area contributed by atoms with Crippen LogP contribution in [0.2, 0.25) is 0 Å². The molecule has 0 saturated carbocycles. The minimum absolute atomic E-state index is 0.0990. The largest absolute Gasteiger partial charge is 0.393 e. The van der Waals surface area contributed by atoms with Gasteiger partial charge in [-0.15, -0.1) is 0 Å². The van der Waals surface area contributed by atoms with Gasteiger partial charge in [-0.1, -0.05) is 56.1 Å². The van der Waals surface area contributed by atoms with Gasteiger partial charge in [0.05, 0.1) is 11.0 Å². The van der Waals surface area contributed by atoms with Crippen molar-refractivity contribution in [2.75, 3.05) is 20.1 Å². The van der Waals surface area contributed by atoms with Crippen LogP contribution in [0.4, 0.5) is 0 Å². The number of amides is 1. The van der Waals surface area contributed by atoms with Gasteiger partial charge in [0.15, 0.2) is 0 Å². The molecule has 3 aromatic carbocycles. The minimum Gasteiger partial charge on any atom is -0.393 e. The lowest BCUT2D eigenvalue weighted by Crippen LogP contribution is -2.40. The summed E-state index contributed by atoms with van der Waals surface area (Å²) in [6.45, 7) is 0.585. The normalized spacial score (nSPS) is 15.2. The Kier molecular flexibility index (Phi) is 9.24. The van der Waals surface area contributed by atoms with Crippen LogP contribution in [0.3, 0.4) is 0 Å². The molecule has 3 aromatic rings. The number of sulfonamides is 1. The highest BCUT2D eigenvalue weighted by molar-refractivity contribution is 9.10. The maximum absolute atomic E-state index is 13.5. The lowest BCUT2D eigenvalue weighted by Gasteiger charge is -2.30. The lowest BCUT2D eigenvalue weighted by atomic mass is 9.97. The summed E-state index contributed by atoms with van der Waals surface area (Å²) in [7, 11) is -1.86. The number of likely N-dealkylation sites (N-methyl/N-ethyl adjacent to an activating group) is 1. The summed E-state index contributed by atoms with van der Waals surface area (Å²) in [4.78, 5) is 15.4. The summed E-state index contributed by atoms with van der Waals surface area (Å²) >= 11 is 6.95. The first-order valence-electron chi connectivity index (χ1n) is 12.2. The molecule has 1 aliphatic rings. The average Bonchev–Trinajstić information content (AvgIpc) is 2.90. The van der Waals surface area contributed by atoms with Crippen molar-refractivity contribution >= 4 is 47.8 Å². The van der Waals surface area contributed by atoms with E-state index in [1.54, 1.807) is 24.1 Å². The predicted molar refractivity (Wildman–Crippen MR) is 152 cm³/mol. The van der Waals surface area contributed by atoms with Crippen LogP contribution in [0.1, 0.15) is 34.3 Å². The van der Waals surface area contributed by atoms with Gasteiger partial charge in [-0.25, -0.2) is 8.42 Å². The fraction of sp³-hybridized carbons (Fsp3) is 0.321. The molecule has 37 heavy (non-hydrogen) atoms. The zero-order valence-electron chi connectivity index (χ0n) is 20.6. The number of halogens is 2. The zero-order valence-corrected chi connectivity index (χ0v) is 24.5. The summed E-state index contributed by atoms with van der Waals surface area (Å²) in [5, 5.41) is 9.70. The van der Waals surface area contributed by atoms with Gasteiger partial charge < -0.3 is 10.0 Å². The molecule has 1 fully saturated rings. The lowest BCUT2D eigenvalue weighted by molar-refractivity contribution is 0.0730. The summed E-state index contributed by atoms with van der Waals surface area (Å²) in [6, 6.07) is 22.3. The Morgan fingerprint density at radius 2 is 1.35 bits per heavy atom. The van der Waals surface area contributed by atoms with Gasteiger partial charge in [0.2, 0.25) is 10.0 Å². The highest BCUT2D eigenvalue weighted by Crippen LogP contribution is 2.23. The third-order valence-corrected chi connectivity index (χ3v) is 9.77. The number of aliphatic hydroxyl groups excluding tert-OH is 1. The number of carbonyl (C=O) groups excluding carboxylic acids is 1. The van der Waals surface area contributed by atoms with E-state index in [0.717, 1.165) is 20.1 Å². The van der Waals surface area contributed by atoms with Crippen LogP contribution < -0.4 is 0 Å². The van der Waals surface area contributed by atoms with Gasteiger partial charge in [0, 0.05) is 40.7 Å². The Balaban J connectivity index is 1.53. The highest BCUT2D eigenvalue weighted by Gasteiger charge is 2.29. The third-order valence-electron chi connectivity index (χ3n) is 6.80. The molecule has 6 nitrogen and oxygen atoms in total. The Morgan fingerprint density at radius 3 is 1.81 bits per heavy atom. The fourth-order valence-corrected chi connectivity index (χ4v) is 6.50. The summed E-state index contributed by atoms with van der Waals surface area (Å²) in [5.41, 5.74) is 2.68. The van der Waals surface area contributed by atoms with Gasteiger partial charge in [0.25, 0.3) is 5.91 Å². The molecule has 0 spiro atoms. The minimum atomic E-state index is -3.66. The van der Waals surface area contributed by atoms with Crippen molar-refractivity contribution in [1.82, 2.24) is 9.21 Å². The van der Waals surface area contributed by atoms with E-state index in [2.05, 4.69) is 56.1 Å². The molecule has 4 rings (SSSR count). The van der Waals surface area contributed by atoms with E-state index in [4.69, 9.17) is 0 Å². The van der Waals surface area contributed by atoms with Gasteiger partial charge >= 0.3 is 0 Å². The van der Waals surface area contributed by atoms with Crippen molar-refractivity contribution in [2.24, 2.45) is 0 Å². The van der Waals surface area contributed by atoms with Gasteiger partial charge in [-0.05, 0) is 85.3 Å². The summed E-state index contributed by atoms with van der Waals surface area (Å²) in [5.74, 6) is -0.163. The molecule has 0 unspecified atom stereocenters. The Labute approximate surface area is 235 Å². The predicted octanol–water partition coefficient (Wildman–Crippen LogP) is 5.28. The number of nitrogens with zero attached hydrogens (tertiary/aromatic N) is 2. The van der Waals surface area contributed by atoms with Crippen molar-refractivity contribution in [3.8, 4) is 0 Å². The topological polar surface area (TPSA) is 77.9 Å². The molecule has 1 aliphatic heterocycles. The number of piperidine rings is 1. The van der Waals surface area contributed by atoms with Crippen LogP contribution >= 0.6 is 31.9 Å². The highest BCUT2D eigenvalue weighted by atomic mass is 79.9. The molecule has 1 N–H and O–H groups in total. The standard InChI is InChI=1S/C28H30Br2N2O4S/c1-31(25(18-20-2-8-23(29)9-3-20)19-21-4-10-24(30)11-5-21)28(34)22-6-12-27(13-7-22)37(35,36)32-16-14-26(33)15-17-32/h2-13,25-26,33H,14-19H2,1H3. The van der Waals surface area contributed by atoms with Crippen molar-refractivity contribution in [2.45, 2.75) is 42.7 Å². The second-order valence-electron chi connectivity index (χ2n) is 9.39. The molecule has 0 bridgehead atoms. The van der Waals surface area contributed by atoms with E-state index in [1.807, 2.05) is 24.3 Å². The Hall–Kier alpha value is -2.04. The quantitative estimate of drug-likeness (QED) is 0.360. The number of aliphatic hydroxyl groups is 1. The second-order valence-corrected chi connectivity index (χ2v) is 13.2. The Bertz CT molecular complexity index is 1260. The third kappa shape index (κ3) is 7.09. The average molecular weight is 650 g/mol. The molecule has 1 heterocycles. The van der Waals surface area contributed by atoms with E-state index >= 15 is 0 Å². The number of hydrogen-bond acceptors (Lipinski definition) is 4. The maximum Gasteiger partial charge on any atom is 0.253 e. The Morgan fingerprint density at radius 1 is 0.892 bits per heavy atom. The first-order valence-corrected chi connectivity index (χ1v) is 15.2. The van der Waals surface area contributed by atoms with Crippen LogP contribution in [0, 0.1) is 0 Å². The molecule has 0 atom stereocenters. The van der Waals surface area contributed by atoms with E-state index in [0.29, 0.717) is 44.3 Å². The van der Waals surface area contributed by atoms with Gasteiger partial charge in [-0.3, -0.25) is 4.79 Å². The van der Waals surface area contributed by atoms with Gasteiger partial charge in [0.1, 0.15) is 0 Å².